The quantitative estimate of drug-likeness (QED) is 0.725. The molecule has 2 bridgehead atoms. The molecule has 0 spiro atoms. The number of piperidine rings is 2. The largest absolute Gasteiger partial charge is 0.352 e. The third-order valence-electron chi connectivity index (χ3n) is 4.65. The van der Waals surface area contributed by atoms with Crippen molar-refractivity contribution in [3.8, 4) is 0 Å². The summed E-state index contributed by atoms with van der Waals surface area (Å²) < 4.78 is 0. The molecule has 18 heavy (non-hydrogen) atoms. The highest BCUT2D eigenvalue weighted by Crippen LogP contribution is 2.37. The molecule has 0 radical (unpaired) electrons. The van der Waals surface area contributed by atoms with Crippen LogP contribution in [0, 0.1) is 5.92 Å². The molecule has 3 rings (SSSR count). The lowest BCUT2D eigenvalue weighted by atomic mass is 9.99. The molecule has 0 aromatic rings. The van der Waals surface area contributed by atoms with Crippen LogP contribution in [0.1, 0.15) is 39.0 Å². The van der Waals surface area contributed by atoms with E-state index in [0.29, 0.717) is 12.5 Å². The van der Waals surface area contributed by atoms with E-state index in [4.69, 9.17) is 0 Å². The third kappa shape index (κ3) is 2.06. The summed E-state index contributed by atoms with van der Waals surface area (Å²) in [5.41, 5.74) is 0. The number of carbonyl (C=O) groups is 2. The van der Waals surface area contributed by atoms with Gasteiger partial charge in [0.25, 0.3) is 0 Å². The van der Waals surface area contributed by atoms with E-state index in [1.165, 1.54) is 12.8 Å². The zero-order chi connectivity index (χ0) is 12.7. The van der Waals surface area contributed by atoms with Gasteiger partial charge in [-0.3, -0.25) is 4.79 Å². The van der Waals surface area contributed by atoms with Crippen molar-refractivity contribution in [2.75, 3.05) is 6.54 Å². The molecule has 1 saturated carbocycles. The summed E-state index contributed by atoms with van der Waals surface area (Å²) in [6.07, 6.45) is 4.89. The molecular formula is C13H21N3O2. The van der Waals surface area contributed by atoms with Crippen LogP contribution >= 0.6 is 0 Å². The third-order valence-corrected chi connectivity index (χ3v) is 4.65. The van der Waals surface area contributed by atoms with Crippen molar-refractivity contribution in [1.82, 2.24) is 15.5 Å². The molecule has 0 aromatic carbocycles. The number of carbonyl (C=O) groups excluding carboxylic acids is 2. The Morgan fingerprint density at radius 2 is 2.22 bits per heavy atom. The first-order valence-electron chi connectivity index (χ1n) is 7.00. The van der Waals surface area contributed by atoms with Crippen LogP contribution in [0.5, 0.6) is 0 Å². The first-order chi connectivity index (χ1) is 8.63. The van der Waals surface area contributed by atoms with E-state index >= 15 is 0 Å². The summed E-state index contributed by atoms with van der Waals surface area (Å²) in [7, 11) is 0. The Balaban J connectivity index is 1.56. The van der Waals surface area contributed by atoms with Crippen molar-refractivity contribution in [1.29, 1.82) is 0 Å². The minimum absolute atomic E-state index is 0.0370. The van der Waals surface area contributed by atoms with Crippen LogP contribution in [0.15, 0.2) is 0 Å². The number of hydrogen-bond donors (Lipinski definition) is 2. The molecule has 3 aliphatic rings. The van der Waals surface area contributed by atoms with Crippen molar-refractivity contribution in [3.63, 3.8) is 0 Å². The van der Waals surface area contributed by atoms with E-state index in [2.05, 4.69) is 10.6 Å². The van der Waals surface area contributed by atoms with Crippen LogP contribution in [0.4, 0.5) is 4.79 Å². The number of rotatable bonds is 1. The summed E-state index contributed by atoms with van der Waals surface area (Å²) in [5.74, 6) is 0.817. The Bertz CT molecular complexity index is 371. The number of likely N-dealkylation sites (tertiary alicyclic amines) is 1. The highest BCUT2D eigenvalue weighted by Gasteiger charge is 2.41. The summed E-state index contributed by atoms with van der Waals surface area (Å²) in [4.78, 5) is 25.5. The van der Waals surface area contributed by atoms with Gasteiger partial charge in [0.15, 0.2) is 0 Å². The normalized spacial score (nSPS) is 38.7. The van der Waals surface area contributed by atoms with Crippen LogP contribution in [0.25, 0.3) is 0 Å². The molecule has 5 nitrogen and oxygen atoms in total. The summed E-state index contributed by atoms with van der Waals surface area (Å²) in [5, 5.41) is 5.98. The van der Waals surface area contributed by atoms with Crippen LogP contribution < -0.4 is 10.6 Å². The van der Waals surface area contributed by atoms with Crippen LogP contribution in [0.3, 0.4) is 0 Å². The van der Waals surface area contributed by atoms with E-state index in [0.717, 1.165) is 25.3 Å². The Morgan fingerprint density at radius 3 is 2.83 bits per heavy atom. The number of nitrogens with one attached hydrogen (secondary N) is 2. The van der Waals surface area contributed by atoms with Gasteiger partial charge in [-0.25, -0.2) is 4.79 Å². The van der Waals surface area contributed by atoms with Crippen LogP contribution in [-0.2, 0) is 4.79 Å². The standard InChI is InChI=1S/C13H21N3O2/c1-8-11(4-5-12(17)14-8)15-13(18)16-7-9-2-3-10(16)6-9/h8-11H,2-7H2,1H3,(H,14,17)(H,15,18)/t8-,9-,10-,11+/m0/s1. The average Bonchev–Trinajstić information content (AvgIpc) is 2.94. The Morgan fingerprint density at radius 1 is 1.39 bits per heavy atom. The van der Waals surface area contributed by atoms with Crippen molar-refractivity contribution in [2.45, 2.75) is 57.2 Å². The molecule has 2 heterocycles. The molecule has 1 aliphatic carbocycles. The maximum atomic E-state index is 12.2. The number of fused-ring (bicyclic) bond motifs is 2. The molecule has 3 amide bonds. The average molecular weight is 251 g/mol. The van der Waals surface area contributed by atoms with E-state index < -0.39 is 0 Å². The van der Waals surface area contributed by atoms with Gasteiger partial charge < -0.3 is 15.5 Å². The smallest absolute Gasteiger partial charge is 0.317 e. The Hall–Kier alpha value is -1.26. The van der Waals surface area contributed by atoms with E-state index in [9.17, 15) is 9.59 Å². The monoisotopic (exact) mass is 251 g/mol. The lowest BCUT2D eigenvalue weighted by molar-refractivity contribution is -0.123. The van der Waals surface area contributed by atoms with Gasteiger partial charge in [0, 0.05) is 25.0 Å². The molecule has 0 aromatic heterocycles. The molecular weight excluding hydrogens is 230 g/mol. The number of urea groups is 1. The zero-order valence-electron chi connectivity index (χ0n) is 10.8. The maximum absolute atomic E-state index is 12.2. The molecule has 5 heteroatoms. The lowest BCUT2D eigenvalue weighted by Crippen LogP contribution is -2.57. The second-order valence-corrected chi connectivity index (χ2v) is 5.94. The first-order valence-corrected chi connectivity index (χ1v) is 7.00. The minimum Gasteiger partial charge on any atom is -0.352 e. The molecule has 2 N–H and O–H groups in total. The van der Waals surface area contributed by atoms with Gasteiger partial charge in [-0.1, -0.05) is 0 Å². The summed E-state index contributed by atoms with van der Waals surface area (Å²) >= 11 is 0. The fourth-order valence-corrected chi connectivity index (χ4v) is 3.58. The fourth-order valence-electron chi connectivity index (χ4n) is 3.58. The van der Waals surface area contributed by atoms with Gasteiger partial charge >= 0.3 is 6.03 Å². The first kappa shape index (κ1) is 11.8. The SMILES string of the molecule is C[C@@H]1NC(=O)CC[C@H]1NC(=O)N1C[C@H]2CC[C@H]1C2. The van der Waals surface area contributed by atoms with Crippen molar-refractivity contribution in [2.24, 2.45) is 5.92 Å². The Kier molecular flexibility index (Phi) is 2.92. The number of nitrogens with zero attached hydrogens (tertiary/aromatic N) is 1. The van der Waals surface area contributed by atoms with Crippen molar-refractivity contribution in [3.05, 3.63) is 0 Å². The second kappa shape index (κ2) is 4.44. The molecule has 2 saturated heterocycles. The highest BCUT2D eigenvalue weighted by molar-refractivity contribution is 5.79. The van der Waals surface area contributed by atoms with E-state index in [1.54, 1.807) is 0 Å². The minimum atomic E-state index is 0.0370. The van der Waals surface area contributed by atoms with Gasteiger partial charge in [-0.15, -0.1) is 0 Å². The van der Waals surface area contributed by atoms with Crippen LogP contribution in [0.2, 0.25) is 0 Å². The van der Waals surface area contributed by atoms with Gasteiger partial charge in [-0.2, -0.15) is 0 Å². The topological polar surface area (TPSA) is 61.4 Å². The van der Waals surface area contributed by atoms with E-state index in [-0.39, 0.29) is 24.0 Å². The predicted molar refractivity (Wildman–Crippen MR) is 67.0 cm³/mol. The predicted octanol–water partition coefficient (Wildman–Crippen LogP) is 0.847. The van der Waals surface area contributed by atoms with Gasteiger partial charge in [-0.05, 0) is 38.5 Å². The van der Waals surface area contributed by atoms with E-state index in [1.807, 2.05) is 11.8 Å². The lowest BCUT2D eigenvalue weighted by Gasteiger charge is -2.34. The van der Waals surface area contributed by atoms with Gasteiger partial charge in [0.1, 0.15) is 0 Å². The highest BCUT2D eigenvalue weighted by atomic mass is 16.2. The van der Waals surface area contributed by atoms with Crippen LogP contribution in [-0.4, -0.2) is 41.5 Å². The summed E-state index contributed by atoms with van der Waals surface area (Å²) in [6.45, 7) is 2.88. The molecule has 4 atom stereocenters. The Labute approximate surface area is 107 Å². The van der Waals surface area contributed by atoms with Gasteiger partial charge in [0.2, 0.25) is 5.91 Å². The summed E-state index contributed by atoms with van der Waals surface area (Å²) in [6, 6.07) is 0.642. The molecule has 3 fully saturated rings. The fraction of sp³-hybridized carbons (Fsp3) is 0.846. The molecule has 0 unspecified atom stereocenters. The zero-order valence-corrected chi connectivity index (χ0v) is 10.8. The molecule has 2 aliphatic heterocycles. The van der Waals surface area contributed by atoms with Crippen molar-refractivity contribution >= 4 is 11.9 Å². The number of amides is 3. The maximum Gasteiger partial charge on any atom is 0.317 e. The molecule has 100 valence electrons. The van der Waals surface area contributed by atoms with Gasteiger partial charge in [0.05, 0.1) is 6.04 Å². The van der Waals surface area contributed by atoms with Crippen molar-refractivity contribution < 1.29 is 9.59 Å². The number of hydrogen-bond acceptors (Lipinski definition) is 2. The second-order valence-electron chi connectivity index (χ2n) is 5.94.